The van der Waals surface area contributed by atoms with Crippen LogP contribution in [0.5, 0.6) is 0 Å². The van der Waals surface area contributed by atoms with Gasteiger partial charge in [-0.25, -0.2) is 0 Å². The average molecular weight is 247 g/mol. The largest absolute Gasteiger partial charge is 0.374 e. The van der Waals surface area contributed by atoms with Crippen LogP contribution in [0.4, 0.5) is 5.69 Å². The molecule has 0 amide bonds. The SMILES string of the molecule is CCCNCc1cc(N(C)CC2CCC2)ccn1. The first-order valence-corrected chi connectivity index (χ1v) is 7.16. The maximum atomic E-state index is 4.42. The Morgan fingerprint density at radius 1 is 1.44 bits per heavy atom. The van der Waals surface area contributed by atoms with E-state index in [0.29, 0.717) is 0 Å². The predicted molar refractivity (Wildman–Crippen MR) is 76.8 cm³/mol. The molecule has 1 aromatic rings. The molecule has 2 rings (SSSR count). The normalized spacial score (nSPS) is 15.4. The Labute approximate surface area is 111 Å². The van der Waals surface area contributed by atoms with E-state index in [1.54, 1.807) is 0 Å². The second-order valence-electron chi connectivity index (χ2n) is 5.36. The van der Waals surface area contributed by atoms with E-state index in [4.69, 9.17) is 0 Å². The minimum absolute atomic E-state index is 0.874. The van der Waals surface area contributed by atoms with Crippen LogP contribution < -0.4 is 10.2 Å². The summed E-state index contributed by atoms with van der Waals surface area (Å²) in [6, 6.07) is 4.32. The van der Waals surface area contributed by atoms with Gasteiger partial charge in [-0.15, -0.1) is 0 Å². The van der Waals surface area contributed by atoms with Crippen LogP contribution in [0.15, 0.2) is 18.3 Å². The molecule has 3 heteroatoms. The van der Waals surface area contributed by atoms with Gasteiger partial charge < -0.3 is 10.2 Å². The molecule has 100 valence electrons. The summed E-state index contributed by atoms with van der Waals surface area (Å²) in [6.07, 6.45) is 7.32. The molecule has 18 heavy (non-hydrogen) atoms. The van der Waals surface area contributed by atoms with Crippen molar-refractivity contribution >= 4 is 5.69 Å². The Bertz CT molecular complexity index is 361. The minimum Gasteiger partial charge on any atom is -0.374 e. The second kappa shape index (κ2) is 6.74. The number of rotatable bonds is 7. The van der Waals surface area contributed by atoms with E-state index in [9.17, 15) is 0 Å². The molecular formula is C15H25N3. The Balaban J connectivity index is 1.88. The van der Waals surface area contributed by atoms with Gasteiger partial charge in [0.1, 0.15) is 0 Å². The van der Waals surface area contributed by atoms with E-state index >= 15 is 0 Å². The molecule has 0 atom stereocenters. The van der Waals surface area contributed by atoms with E-state index in [2.05, 4.69) is 41.3 Å². The standard InChI is InChI=1S/C15H25N3/c1-3-8-16-11-14-10-15(7-9-17-14)18(2)12-13-5-4-6-13/h7,9-10,13,16H,3-6,8,11-12H2,1-2H3. The third kappa shape index (κ3) is 3.70. The zero-order valence-corrected chi connectivity index (χ0v) is 11.7. The van der Waals surface area contributed by atoms with Crippen LogP contribution in [-0.2, 0) is 6.54 Å². The molecule has 3 nitrogen and oxygen atoms in total. The summed E-state index contributed by atoms with van der Waals surface area (Å²) in [5.74, 6) is 0.907. The van der Waals surface area contributed by atoms with Crippen LogP contribution in [0.2, 0.25) is 0 Å². The topological polar surface area (TPSA) is 28.2 Å². The molecule has 1 aliphatic carbocycles. The highest BCUT2D eigenvalue weighted by Gasteiger charge is 2.19. The summed E-state index contributed by atoms with van der Waals surface area (Å²) >= 11 is 0. The van der Waals surface area contributed by atoms with Crippen LogP contribution in [0, 0.1) is 5.92 Å². The van der Waals surface area contributed by atoms with Crippen molar-refractivity contribution < 1.29 is 0 Å². The van der Waals surface area contributed by atoms with Crippen LogP contribution >= 0.6 is 0 Å². The smallest absolute Gasteiger partial charge is 0.0562 e. The lowest BCUT2D eigenvalue weighted by Crippen LogP contribution is -2.29. The van der Waals surface area contributed by atoms with E-state index in [1.807, 2.05) is 6.20 Å². The molecule has 1 aliphatic rings. The van der Waals surface area contributed by atoms with Gasteiger partial charge in [0.25, 0.3) is 0 Å². The first kappa shape index (κ1) is 13.3. The number of anilines is 1. The van der Waals surface area contributed by atoms with Gasteiger partial charge in [0.2, 0.25) is 0 Å². The maximum absolute atomic E-state index is 4.42. The van der Waals surface area contributed by atoms with Crippen molar-refractivity contribution in [2.24, 2.45) is 5.92 Å². The molecule has 0 radical (unpaired) electrons. The fraction of sp³-hybridized carbons (Fsp3) is 0.667. The number of hydrogen-bond acceptors (Lipinski definition) is 3. The zero-order chi connectivity index (χ0) is 12.8. The molecular weight excluding hydrogens is 222 g/mol. The lowest BCUT2D eigenvalue weighted by molar-refractivity contribution is 0.321. The summed E-state index contributed by atoms with van der Waals surface area (Å²) in [4.78, 5) is 6.79. The van der Waals surface area contributed by atoms with Crippen molar-refractivity contribution in [3.05, 3.63) is 24.0 Å². The van der Waals surface area contributed by atoms with E-state index in [0.717, 1.165) is 24.7 Å². The van der Waals surface area contributed by atoms with Crippen LogP contribution in [0.25, 0.3) is 0 Å². The molecule has 0 saturated heterocycles. The maximum Gasteiger partial charge on any atom is 0.0562 e. The second-order valence-corrected chi connectivity index (χ2v) is 5.36. The first-order valence-electron chi connectivity index (χ1n) is 7.16. The Morgan fingerprint density at radius 2 is 2.28 bits per heavy atom. The third-order valence-corrected chi connectivity index (χ3v) is 3.73. The van der Waals surface area contributed by atoms with E-state index in [1.165, 1.54) is 37.9 Å². The van der Waals surface area contributed by atoms with Gasteiger partial charge in [0, 0.05) is 32.0 Å². The van der Waals surface area contributed by atoms with E-state index in [-0.39, 0.29) is 0 Å². The van der Waals surface area contributed by atoms with Gasteiger partial charge in [0.15, 0.2) is 0 Å². The van der Waals surface area contributed by atoms with Gasteiger partial charge in [-0.05, 0) is 43.9 Å². The molecule has 0 aromatic carbocycles. The number of nitrogens with one attached hydrogen (secondary N) is 1. The Hall–Kier alpha value is -1.09. The fourth-order valence-corrected chi connectivity index (χ4v) is 2.36. The lowest BCUT2D eigenvalue weighted by atomic mass is 9.85. The van der Waals surface area contributed by atoms with Gasteiger partial charge in [-0.3, -0.25) is 4.98 Å². The van der Waals surface area contributed by atoms with E-state index < -0.39 is 0 Å². The molecule has 1 fully saturated rings. The van der Waals surface area contributed by atoms with Crippen LogP contribution in [0.3, 0.4) is 0 Å². The number of nitrogens with zero attached hydrogens (tertiary/aromatic N) is 2. The minimum atomic E-state index is 0.874. The lowest BCUT2D eigenvalue weighted by Gasteiger charge is -2.31. The summed E-state index contributed by atoms with van der Waals surface area (Å²) in [5, 5.41) is 3.40. The van der Waals surface area contributed by atoms with Gasteiger partial charge >= 0.3 is 0 Å². The van der Waals surface area contributed by atoms with Gasteiger partial charge in [-0.1, -0.05) is 13.3 Å². The molecule has 1 saturated carbocycles. The predicted octanol–water partition coefficient (Wildman–Crippen LogP) is 2.82. The van der Waals surface area contributed by atoms with Crippen molar-refractivity contribution in [1.82, 2.24) is 10.3 Å². The summed E-state index contributed by atoms with van der Waals surface area (Å²) in [7, 11) is 2.19. The highest BCUT2D eigenvalue weighted by Crippen LogP contribution is 2.28. The molecule has 1 N–H and O–H groups in total. The molecule has 0 aliphatic heterocycles. The molecule has 1 heterocycles. The molecule has 0 bridgehead atoms. The number of aromatic nitrogens is 1. The highest BCUT2D eigenvalue weighted by atomic mass is 15.1. The summed E-state index contributed by atoms with van der Waals surface area (Å²) in [5.41, 5.74) is 2.44. The Morgan fingerprint density at radius 3 is 2.94 bits per heavy atom. The quantitative estimate of drug-likeness (QED) is 0.751. The molecule has 0 unspecified atom stereocenters. The molecule has 1 aromatic heterocycles. The van der Waals surface area contributed by atoms with Crippen LogP contribution in [-0.4, -0.2) is 25.1 Å². The van der Waals surface area contributed by atoms with Crippen molar-refractivity contribution in [2.75, 3.05) is 25.0 Å². The monoisotopic (exact) mass is 247 g/mol. The Kier molecular flexibility index (Phi) is 5.00. The van der Waals surface area contributed by atoms with Gasteiger partial charge in [-0.2, -0.15) is 0 Å². The van der Waals surface area contributed by atoms with Gasteiger partial charge in [0.05, 0.1) is 5.69 Å². The third-order valence-electron chi connectivity index (χ3n) is 3.73. The molecule has 0 spiro atoms. The van der Waals surface area contributed by atoms with Crippen molar-refractivity contribution in [2.45, 2.75) is 39.2 Å². The van der Waals surface area contributed by atoms with Crippen molar-refractivity contribution in [3.63, 3.8) is 0 Å². The van der Waals surface area contributed by atoms with Crippen molar-refractivity contribution in [1.29, 1.82) is 0 Å². The number of hydrogen-bond donors (Lipinski definition) is 1. The summed E-state index contributed by atoms with van der Waals surface area (Å²) < 4.78 is 0. The average Bonchev–Trinajstić information content (AvgIpc) is 2.34. The number of pyridine rings is 1. The van der Waals surface area contributed by atoms with Crippen LogP contribution in [0.1, 0.15) is 38.3 Å². The zero-order valence-electron chi connectivity index (χ0n) is 11.7. The fourth-order valence-electron chi connectivity index (χ4n) is 2.36. The van der Waals surface area contributed by atoms with Crippen molar-refractivity contribution in [3.8, 4) is 0 Å². The first-order chi connectivity index (χ1) is 8.79. The summed E-state index contributed by atoms with van der Waals surface area (Å²) in [6.45, 7) is 5.30. The highest BCUT2D eigenvalue weighted by molar-refractivity contribution is 5.45.